The first-order valence-corrected chi connectivity index (χ1v) is 12.0. The summed E-state index contributed by atoms with van der Waals surface area (Å²) in [6.45, 7) is 4.33. The maximum absolute atomic E-state index is 14.9. The van der Waals surface area contributed by atoms with Gasteiger partial charge in [0.25, 0.3) is 10.0 Å². The number of halogens is 2. The van der Waals surface area contributed by atoms with Crippen LogP contribution in [0.1, 0.15) is 44.7 Å². The molecule has 33 heavy (non-hydrogen) atoms. The number of ether oxygens (including phenoxy) is 1. The second-order valence-electron chi connectivity index (χ2n) is 8.96. The van der Waals surface area contributed by atoms with Crippen molar-refractivity contribution < 1.29 is 21.9 Å². The third-order valence-electron chi connectivity index (χ3n) is 5.94. The van der Waals surface area contributed by atoms with Gasteiger partial charge in [-0.2, -0.15) is 5.10 Å². The van der Waals surface area contributed by atoms with Gasteiger partial charge < -0.3 is 4.74 Å². The van der Waals surface area contributed by atoms with Gasteiger partial charge in [-0.15, -0.1) is 0 Å². The third kappa shape index (κ3) is 4.97. The maximum atomic E-state index is 14.9. The van der Waals surface area contributed by atoms with Gasteiger partial charge in [0, 0.05) is 43.2 Å². The number of sulfonamides is 1. The van der Waals surface area contributed by atoms with E-state index in [-0.39, 0.29) is 22.9 Å². The number of aryl methyl sites for hydroxylation is 1. The molecule has 0 spiro atoms. The Bertz CT molecular complexity index is 1250. The maximum Gasteiger partial charge on any atom is 0.266 e. The van der Waals surface area contributed by atoms with Gasteiger partial charge >= 0.3 is 0 Å². The van der Waals surface area contributed by atoms with Crippen LogP contribution in [0.25, 0.3) is 0 Å². The predicted molar refractivity (Wildman–Crippen MR) is 117 cm³/mol. The SMILES string of the molecule is Cn1nccc1[C@H]1CC(C)(C)CC[C@@H]1Oc1cc(F)c(S(=O)(=O)Nc2ccncn2)cc1F. The van der Waals surface area contributed by atoms with Crippen LogP contribution < -0.4 is 9.46 Å². The highest BCUT2D eigenvalue weighted by molar-refractivity contribution is 7.92. The van der Waals surface area contributed by atoms with Crippen molar-refractivity contribution in [2.75, 3.05) is 4.72 Å². The van der Waals surface area contributed by atoms with Crippen molar-refractivity contribution in [2.24, 2.45) is 12.5 Å². The van der Waals surface area contributed by atoms with Crippen LogP contribution in [0.2, 0.25) is 0 Å². The molecule has 0 radical (unpaired) electrons. The van der Waals surface area contributed by atoms with Crippen LogP contribution in [-0.4, -0.2) is 34.3 Å². The van der Waals surface area contributed by atoms with Crippen LogP contribution in [0.15, 0.2) is 47.9 Å². The van der Waals surface area contributed by atoms with E-state index in [1.165, 1.54) is 12.3 Å². The first kappa shape index (κ1) is 23.1. The fourth-order valence-electron chi connectivity index (χ4n) is 4.26. The first-order chi connectivity index (χ1) is 15.6. The number of benzene rings is 1. The number of nitrogens with zero attached hydrogens (tertiary/aromatic N) is 4. The molecule has 0 amide bonds. The van der Waals surface area contributed by atoms with Crippen LogP contribution in [0.4, 0.5) is 14.6 Å². The fourth-order valence-corrected chi connectivity index (χ4v) is 5.34. The standard InChI is InChI=1S/C22H25F2N5O3S/c1-22(2)7-4-18(14(12-22)17-5-9-27-29(17)3)32-19-10-16(24)20(11-15(19)23)33(30,31)28-21-6-8-25-13-26-21/h5-6,8-11,13-14,18H,4,7,12H2,1-3H3,(H,25,26,28)/t14-,18+/m1/s1. The van der Waals surface area contributed by atoms with Gasteiger partial charge in [0.2, 0.25) is 0 Å². The Morgan fingerprint density at radius 1 is 1.18 bits per heavy atom. The monoisotopic (exact) mass is 477 g/mol. The van der Waals surface area contributed by atoms with Crippen LogP contribution in [0.3, 0.4) is 0 Å². The second-order valence-corrected chi connectivity index (χ2v) is 10.6. The molecule has 2 atom stereocenters. The van der Waals surface area contributed by atoms with Crippen LogP contribution >= 0.6 is 0 Å². The van der Waals surface area contributed by atoms with Crippen molar-refractivity contribution in [3.8, 4) is 5.75 Å². The Kier molecular flexibility index (Phi) is 6.08. The summed E-state index contributed by atoms with van der Waals surface area (Å²) in [6.07, 6.45) is 6.02. The van der Waals surface area contributed by atoms with E-state index >= 15 is 0 Å². The van der Waals surface area contributed by atoms with Crippen molar-refractivity contribution in [1.82, 2.24) is 19.7 Å². The van der Waals surface area contributed by atoms with Crippen LogP contribution in [0.5, 0.6) is 5.75 Å². The Morgan fingerprint density at radius 2 is 1.97 bits per heavy atom. The molecule has 1 aliphatic carbocycles. The molecule has 3 aromatic rings. The minimum atomic E-state index is -4.41. The predicted octanol–water partition coefficient (Wildman–Crippen LogP) is 4.03. The summed E-state index contributed by atoms with van der Waals surface area (Å²) < 4.78 is 64.7. The van der Waals surface area contributed by atoms with E-state index in [9.17, 15) is 17.2 Å². The highest BCUT2D eigenvalue weighted by Gasteiger charge is 2.39. The number of rotatable bonds is 6. The molecule has 2 heterocycles. The molecule has 1 saturated carbocycles. The number of anilines is 1. The fraction of sp³-hybridized carbons (Fsp3) is 0.409. The van der Waals surface area contributed by atoms with E-state index in [1.807, 2.05) is 13.1 Å². The molecule has 4 rings (SSSR count). The van der Waals surface area contributed by atoms with Crippen molar-refractivity contribution in [2.45, 2.75) is 50.0 Å². The quantitative estimate of drug-likeness (QED) is 0.576. The molecule has 0 saturated heterocycles. The first-order valence-electron chi connectivity index (χ1n) is 10.5. The number of aromatic nitrogens is 4. The molecule has 8 nitrogen and oxygen atoms in total. The Hall–Kier alpha value is -3.08. The molecular formula is C22H25F2N5O3S. The molecule has 1 fully saturated rings. The Morgan fingerprint density at radius 3 is 2.64 bits per heavy atom. The van der Waals surface area contributed by atoms with Crippen LogP contribution in [0, 0.1) is 17.0 Å². The summed E-state index contributed by atoms with van der Waals surface area (Å²) in [5.41, 5.74) is 1.00. The van der Waals surface area contributed by atoms with Gasteiger partial charge in [-0.1, -0.05) is 13.8 Å². The molecule has 0 unspecified atom stereocenters. The third-order valence-corrected chi connectivity index (χ3v) is 7.31. The van der Waals surface area contributed by atoms with E-state index in [4.69, 9.17) is 4.74 Å². The van der Waals surface area contributed by atoms with Crippen LogP contribution in [-0.2, 0) is 17.1 Å². The highest BCUT2D eigenvalue weighted by Crippen LogP contribution is 2.45. The number of nitrogens with one attached hydrogen (secondary N) is 1. The van der Waals surface area contributed by atoms with Crippen molar-refractivity contribution >= 4 is 15.8 Å². The van der Waals surface area contributed by atoms with Crippen molar-refractivity contribution in [3.63, 3.8) is 0 Å². The molecule has 176 valence electrons. The Balaban J connectivity index is 1.61. The zero-order valence-corrected chi connectivity index (χ0v) is 19.3. The molecule has 1 aromatic carbocycles. The minimum Gasteiger partial charge on any atom is -0.487 e. The zero-order chi connectivity index (χ0) is 23.8. The smallest absolute Gasteiger partial charge is 0.266 e. The lowest BCUT2D eigenvalue weighted by molar-refractivity contribution is 0.0682. The van der Waals surface area contributed by atoms with Gasteiger partial charge in [0.05, 0.1) is 0 Å². The summed E-state index contributed by atoms with van der Waals surface area (Å²) in [6, 6.07) is 4.60. The summed E-state index contributed by atoms with van der Waals surface area (Å²) >= 11 is 0. The molecule has 2 aromatic heterocycles. The van der Waals surface area contributed by atoms with Crippen molar-refractivity contribution in [3.05, 3.63) is 60.3 Å². The summed E-state index contributed by atoms with van der Waals surface area (Å²) in [5, 5.41) is 4.23. The number of hydrogen-bond donors (Lipinski definition) is 1. The van der Waals surface area contributed by atoms with Crippen molar-refractivity contribution in [1.29, 1.82) is 0 Å². The van der Waals surface area contributed by atoms with Gasteiger partial charge in [0.1, 0.15) is 29.0 Å². The lowest BCUT2D eigenvalue weighted by Crippen LogP contribution is -2.36. The lowest BCUT2D eigenvalue weighted by Gasteiger charge is -2.40. The van der Waals surface area contributed by atoms with E-state index in [1.54, 1.807) is 10.9 Å². The van der Waals surface area contributed by atoms with E-state index in [0.717, 1.165) is 30.9 Å². The average Bonchev–Trinajstić information content (AvgIpc) is 3.17. The Labute approximate surface area is 191 Å². The van der Waals surface area contributed by atoms with E-state index in [0.29, 0.717) is 12.5 Å². The molecule has 0 bridgehead atoms. The van der Waals surface area contributed by atoms with Gasteiger partial charge in [0.15, 0.2) is 11.6 Å². The van der Waals surface area contributed by atoms with Gasteiger partial charge in [-0.3, -0.25) is 9.40 Å². The topological polar surface area (TPSA) is 99.0 Å². The molecular weight excluding hydrogens is 452 g/mol. The van der Waals surface area contributed by atoms with Gasteiger partial charge in [-0.25, -0.2) is 27.2 Å². The summed E-state index contributed by atoms with van der Waals surface area (Å²) in [4.78, 5) is 6.59. The summed E-state index contributed by atoms with van der Waals surface area (Å²) in [5.74, 6) is -2.56. The normalized spacial score (nSPS) is 20.4. The zero-order valence-electron chi connectivity index (χ0n) is 18.5. The lowest BCUT2D eigenvalue weighted by atomic mass is 9.70. The highest BCUT2D eigenvalue weighted by atomic mass is 32.2. The van der Waals surface area contributed by atoms with E-state index in [2.05, 4.69) is 33.6 Å². The van der Waals surface area contributed by atoms with E-state index < -0.39 is 32.7 Å². The largest absolute Gasteiger partial charge is 0.487 e. The summed E-state index contributed by atoms with van der Waals surface area (Å²) in [7, 11) is -2.57. The van der Waals surface area contributed by atoms with Gasteiger partial charge in [-0.05, 0) is 36.8 Å². The number of hydrogen-bond acceptors (Lipinski definition) is 6. The second kappa shape index (κ2) is 8.69. The molecule has 11 heteroatoms. The molecule has 1 aliphatic rings. The molecule has 1 N–H and O–H groups in total. The molecule has 0 aliphatic heterocycles. The minimum absolute atomic E-state index is 0.0587. The average molecular weight is 478 g/mol.